The third-order valence-electron chi connectivity index (χ3n) is 7.09. The molecule has 4 aromatic rings. The molecule has 1 aliphatic rings. The van der Waals surface area contributed by atoms with Crippen LogP contribution < -0.4 is 24.4 Å². The van der Waals surface area contributed by atoms with Crippen molar-refractivity contribution in [3.63, 3.8) is 0 Å². The summed E-state index contributed by atoms with van der Waals surface area (Å²) in [5, 5.41) is 9.76. The average Bonchev–Trinajstić information content (AvgIpc) is 3.34. The number of methoxy groups -OCH3 is 1. The van der Waals surface area contributed by atoms with E-state index in [1.807, 2.05) is 49.4 Å². The molecule has 0 amide bonds. The lowest BCUT2D eigenvalue weighted by Gasteiger charge is -2.27. The van der Waals surface area contributed by atoms with Crippen LogP contribution in [0.15, 0.2) is 87.8 Å². The highest BCUT2D eigenvalue weighted by molar-refractivity contribution is 7.07. The zero-order valence-corrected chi connectivity index (χ0v) is 26.1. The molecule has 0 fully saturated rings. The molecule has 5 rings (SSSR count). The highest BCUT2D eigenvalue weighted by Crippen LogP contribution is 2.38. The molecule has 1 aliphatic heterocycles. The lowest BCUT2D eigenvalue weighted by atomic mass is 9.93. The Kier molecular flexibility index (Phi) is 9.63. The Morgan fingerprint density at radius 1 is 1.14 bits per heavy atom. The summed E-state index contributed by atoms with van der Waals surface area (Å²) in [6.07, 6.45) is 3.06. The van der Waals surface area contributed by atoms with Gasteiger partial charge in [0.25, 0.3) is 5.56 Å². The van der Waals surface area contributed by atoms with E-state index in [0.29, 0.717) is 54.7 Å². The molecule has 0 bridgehead atoms. The third kappa shape index (κ3) is 6.32. The number of thiazole rings is 1. The van der Waals surface area contributed by atoms with Gasteiger partial charge in [-0.25, -0.2) is 9.79 Å². The van der Waals surface area contributed by atoms with Crippen molar-refractivity contribution in [1.82, 2.24) is 4.57 Å². The number of carbonyl (C=O) groups excluding carboxylic acids is 1. The molecule has 44 heavy (non-hydrogen) atoms. The zero-order valence-electron chi connectivity index (χ0n) is 24.5. The normalized spacial score (nSPS) is 14.4. The summed E-state index contributed by atoms with van der Waals surface area (Å²) < 4.78 is 19.0. The van der Waals surface area contributed by atoms with Gasteiger partial charge in [0.05, 0.1) is 41.2 Å². The summed E-state index contributed by atoms with van der Waals surface area (Å²) in [7, 11) is 1.53. The Labute approximate surface area is 263 Å². The van der Waals surface area contributed by atoms with Gasteiger partial charge in [-0.05, 0) is 61.4 Å². The number of hydrogen-bond donors (Lipinski definition) is 0. The van der Waals surface area contributed by atoms with Gasteiger partial charge in [0.1, 0.15) is 24.1 Å². The smallest absolute Gasteiger partial charge is 0.338 e. The Balaban J connectivity index is 1.57. The number of hydrogen-bond acceptors (Lipinski definition) is 8. The highest BCUT2D eigenvalue weighted by atomic mass is 35.5. The molecule has 2 heterocycles. The predicted octanol–water partition coefficient (Wildman–Crippen LogP) is 5.69. The Hall–Kier alpha value is -4.65. The fraction of sp³-hybridized carbons (Fsp3) is 0.235. The van der Waals surface area contributed by atoms with Crippen molar-refractivity contribution in [1.29, 1.82) is 5.26 Å². The first-order valence-electron chi connectivity index (χ1n) is 14.1. The first-order chi connectivity index (χ1) is 21.4. The Bertz CT molecular complexity index is 1950. The number of ether oxygens (including phenoxy) is 3. The number of nitrogens with zero attached hydrogens (tertiary/aromatic N) is 3. The maximum absolute atomic E-state index is 14.0. The number of nitriles is 1. The molecule has 0 radical (unpaired) electrons. The van der Waals surface area contributed by atoms with E-state index in [9.17, 15) is 14.9 Å². The molecule has 1 aromatic heterocycles. The van der Waals surface area contributed by atoms with E-state index >= 15 is 0 Å². The van der Waals surface area contributed by atoms with Crippen LogP contribution in [0.3, 0.4) is 0 Å². The lowest BCUT2D eigenvalue weighted by molar-refractivity contribution is -0.139. The van der Waals surface area contributed by atoms with E-state index in [2.05, 4.69) is 6.07 Å². The quantitative estimate of drug-likeness (QED) is 0.209. The SMILES string of the molecule is CCCC1=C(C(=O)OCC)[C@@H](c2cc(Cl)ccc2OC)n2c(s/c(=C/c3ccc(OCc4ccccc4C#N)cc3)c2=O)=N1. The van der Waals surface area contributed by atoms with E-state index < -0.39 is 12.0 Å². The summed E-state index contributed by atoms with van der Waals surface area (Å²) >= 11 is 7.67. The second-order valence-corrected chi connectivity index (χ2v) is 11.4. The molecule has 0 N–H and O–H groups in total. The van der Waals surface area contributed by atoms with Gasteiger partial charge in [0.15, 0.2) is 4.80 Å². The average molecular weight is 628 g/mol. The summed E-state index contributed by atoms with van der Waals surface area (Å²) in [4.78, 5) is 32.7. The molecule has 0 saturated carbocycles. The molecular formula is C34H30ClN3O5S. The van der Waals surface area contributed by atoms with E-state index in [1.54, 1.807) is 37.3 Å². The fourth-order valence-corrected chi connectivity index (χ4v) is 6.26. The van der Waals surface area contributed by atoms with Gasteiger partial charge >= 0.3 is 5.97 Å². The molecule has 0 aliphatic carbocycles. The molecule has 8 nitrogen and oxygen atoms in total. The van der Waals surface area contributed by atoms with Gasteiger partial charge in [-0.1, -0.05) is 66.6 Å². The number of esters is 1. The second kappa shape index (κ2) is 13.8. The lowest BCUT2D eigenvalue weighted by Crippen LogP contribution is -2.40. The van der Waals surface area contributed by atoms with E-state index in [-0.39, 0.29) is 18.8 Å². The van der Waals surface area contributed by atoms with Crippen molar-refractivity contribution in [2.75, 3.05) is 13.7 Å². The van der Waals surface area contributed by atoms with Gasteiger partial charge in [0.2, 0.25) is 0 Å². The molecule has 0 spiro atoms. The first-order valence-corrected chi connectivity index (χ1v) is 15.3. The fourth-order valence-electron chi connectivity index (χ4n) is 5.06. The predicted molar refractivity (Wildman–Crippen MR) is 170 cm³/mol. The summed E-state index contributed by atoms with van der Waals surface area (Å²) in [6, 6.07) is 21.1. The maximum Gasteiger partial charge on any atom is 0.338 e. The van der Waals surface area contributed by atoms with Gasteiger partial charge < -0.3 is 14.2 Å². The van der Waals surface area contributed by atoms with Crippen molar-refractivity contribution in [3.8, 4) is 17.6 Å². The van der Waals surface area contributed by atoms with E-state index in [1.165, 1.54) is 23.0 Å². The summed E-state index contributed by atoms with van der Waals surface area (Å²) in [6.45, 7) is 4.18. The van der Waals surface area contributed by atoms with Crippen molar-refractivity contribution in [3.05, 3.63) is 125 Å². The largest absolute Gasteiger partial charge is 0.496 e. The minimum absolute atomic E-state index is 0.177. The summed E-state index contributed by atoms with van der Waals surface area (Å²) in [5.41, 5.74) is 3.30. The number of aromatic nitrogens is 1. The number of carbonyl (C=O) groups is 1. The monoisotopic (exact) mass is 627 g/mol. The second-order valence-electron chi connectivity index (χ2n) is 9.93. The van der Waals surface area contributed by atoms with Gasteiger partial charge in [-0.2, -0.15) is 5.26 Å². The number of fused-ring (bicyclic) bond motifs is 1. The third-order valence-corrected chi connectivity index (χ3v) is 8.31. The number of halogens is 1. The van der Waals surface area contributed by atoms with Crippen LogP contribution in [0.1, 0.15) is 55.0 Å². The van der Waals surface area contributed by atoms with E-state index in [0.717, 1.165) is 17.5 Å². The van der Waals surface area contributed by atoms with Crippen LogP contribution in [0.5, 0.6) is 11.5 Å². The number of allylic oxidation sites excluding steroid dienone is 1. The minimum atomic E-state index is -0.838. The van der Waals surface area contributed by atoms with Crippen molar-refractivity contribution >= 4 is 35.0 Å². The van der Waals surface area contributed by atoms with Crippen LogP contribution in [-0.2, 0) is 16.1 Å². The van der Waals surface area contributed by atoms with E-state index in [4.69, 9.17) is 30.8 Å². The molecule has 1 atom stereocenters. The molecular weight excluding hydrogens is 598 g/mol. The molecule has 3 aromatic carbocycles. The standard InChI is InChI=1S/C34H30ClN3O5S/c1-4-8-27-30(33(40)42-5-2)31(26-18-24(35)13-16-28(26)41-3)38-32(39)29(44-34(38)37-27)17-21-11-14-25(15-12-21)43-20-23-10-7-6-9-22(23)19-36/h6-7,9-18,31H,4-5,8,20H2,1-3H3/b29-17+/t31-/m1/s1. The maximum atomic E-state index is 14.0. The van der Waals surface area contributed by atoms with Crippen LogP contribution in [0.4, 0.5) is 0 Å². The highest BCUT2D eigenvalue weighted by Gasteiger charge is 2.36. The van der Waals surface area contributed by atoms with Crippen LogP contribution >= 0.6 is 22.9 Å². The van der Waals surface area contributed by atoms with Gasteiger partial charge in [-0.15, -0.1) is 0 Å². The zero-order chi connectivity index (χ0) is 31.2. The molecule has 0 saturated heterocycles. The summed E-state index contributed by atoms with van der Waals surface area (Å²) in [5.74, 6) is 0.586. The molecule has 0 unspecified atom stereocenters. The van der Waals surface area contributed by atoms with Crippen LogP contribution in [0, 0.1) is 11.3 Å². The number of rotatable bonds is 10. The van der Waals surface area contributed by atoms with Crippen molar-refractivity contribution < 1.29 is 19.0 Å². The van der Waals surface area contributed by atoms with Gasteiger partial charge in [0, 0.05) is 16.1 Å². The number of benzene rings is 3. The topological polar surface area (TPSA) is 103 Å². The van der Waals surface area contributed by atoms with Crippen LogP contribution in [0.25, 0.3) is 6.08 Å². The van der Waals surface area contributed by atoms with Crippen LogP contribution in [0.2, 0.25) is 5.02 Å². The van der Waals surface area contributed by atoms with Gasteiger partial charge in [-0.3, -0.25) is 9.36 Å². The Morgan fingerprint density at radius 3 is 2.61 bits per heavy atom. The van der Waals surface area contributed by atoms with Crippen molar-refractivity contribution in [2.24, 2.45) is 4.99 Å². The van der Waals surface area contributed by atoms with Crippen molar-refractivity contribution in [2.45, 2.75) is 39.3 Å². The molecule has 10 heteroatoms. The van der Waals surface area contributed by atoms with Crippen LogP contribution in [-0.4, -0.2) is 24.3 Å². The Morgan fingerprint density at radius 2 is 1.91 bits per heavy atom. The minimum Gasteiger partial charge on any atom is -0.496 e. The first kappa shape index (κ1) is 30.8. The molecule has 224 valence electrons.